The van der Waals surface area contributed by atoms with Crippen LogP contribution < -0.4 is 14.4 Å². The maximum atomic E-state index is 13.0. The van der Waals surface area contributed by atoms with E-state index in [9.17, 15) is 4.79 Å². The van der Waals surface area contributed by atoms with Crippen molar-refractivity contribution in [3.8, 4) is 22.9 Å². The number of hydrogen-bond acceptors (Lipinski definition) is 7. The van der Waals surface area contributed by atoms with Crippen LogP contribution in [0.15, 0.2) is 36.8 Å². The molecule has 0 spiro atoms. The summed E-state index contributed by atoms with van der Waals surface area (Å²) < 4.78 is 12.5. The van der Waals surface area contributed by atoms with Crippen LogP contribution in [-0.4, -0.2) is 64.4 Å². The summed E-state index contributed by atoms with van der Waals surface area (Å²) >= 11 is 0. The van der Waals surface area contributed by atoms with E-state index in [-0.39, 0.29) is 5.91 Å². The number of carbonyl (C=O) groups excluding carboxylic acids is 1. The average Bonchev–Trinajstić information content (AvgIpc) is 3.47. The number of amides is 1. The van der Waals surface area contributed by atoms with Crippen molar-refractivity contribution < 1.29 is 14.3 Å². The number of carbonyl (C=O) groups is 1. The number of likely N-dealkylation sites (tertiary alicyclic amines) is 1. The zero-order valence-electron chi connectivity index (χ0n) is 19.0. The highest BCUT2D eigenvalue weighted by Gasteiger charge is 2.31. The Labute approximate surface area is 193 Å². The van der Waals surface area contributed by atoms with Gasteiger partial charge in [-0.2, -0.15) is 5.10 Å². The molecule has 0 aromatic carbocycles. The van der Waals surface area contributed by atoms with Crippen LogP contribution in [0, 0.1) is 0 Å². The maximum absolute atomic E-state index is 13.0. The van der Waals surface area contributed by atoms with Gasteiger partial charge >= 0.3 is 0 Å². The lowest BCUT2D eigenvalue weighted by molar-refractivity contribution is 0.0996. The molecule has 0 N–H and O–H groups in total. The van der Waals surface area contributed by atoms with Crippen molar-refractivity contribution in [3.63, 3.8) is 0 Å². The number of ether oxygens (including phenoxy) is 2. The standard InChI is InChI=1S/C24H28N6O3/c1-32-22-12-17(13-25-23(22)33-2)20-7-6-19-21(27-20)16-30(24(19)31)18-14-26-29(15-18)11-10-28-8-4-3-5-9-28/h6-7,12-15H,3-5,8-11,16H2,1-2H3. The minimum atomic E-state index is -0.0509. The fraction of sp³-hybridized carbons (Fsp3) is 0.417. The van der Waals surface area contributed by atoms with Crippen LogP contribution in [0.5, 0.6) is 11.6 Å². The van der Waals surface area contributed by atoms with E-state index in [1.165, 1.54) is 19.3 Å². The summed E-state index contributed by atoms with van der Waals surface area (Å²) in [7, 11) is 3.12. The van der Waals surface area contributed by atoms with Gasteiger partial charge in [0.2, 0.25) is 0 Å². The summed E-state index contributed by atoms with van der Waals surface area (Å²) in [6.07, 6.45) is 9.29. The number of fused-ring (bicyclic) bond motifs is 1. The summed E-state index contributed by atoms with van der Waals surface area (Å²) in [5.41, 5.74) is 3.69. The van der Waals surface area contributed by atoms with Gasteiger partial charge in [0.15, 0.2) is 5.75 Å². The lowest BCUT2D eigenvalue weighted by Gasteiger charge is -2.26. The monoisotopic (exact) mass is 448 g/mol. The van der Waals surface area contributed by atoms with Gasteiger partial charge < -0.3 is 14.4 Å². The van der Waals surface area contributed by atoms with E-state index < -0.39 is 0 Å². The van der Waals surface area contributed by atoms with Crippen LogP contribution >= 0.6 is 0 Å². The highest BCUT2D eigenvalue weighted by molar-refractivity contribution is 6.09. The van der Waals surface area contributed by atoms with Crippen LogP contribution in [0.2, 0.25) is 0 Å². The van der Waals surface area contributed by atoms with Crippen molar-refractivity contribution in [2.24, 2.45) is 0 Å². The lowest BCUT2D eigenvalue weighted by atomic mass is 10.1. The molecule has 0 atom stereocenters. The molecular formula is C24H28N6O3. The number of pyridine rings is 2. The first-order valence-electron chi connectivity index (χ1n) is 11.3. The van der Waals surface area contributed by atoms with Crippen LogP contribution in [0.1, 0.15) is 35.3 Å². The summed E-state index contributed by atoms with van der Waals surface area (Å²) in [5.74, 6) is 0.901. The molecule has 33 heavy (non-hydrogen) atoms. The van der Waals surface area contributed by atoms with Crippen LogP contribution in [0.4, 0.5) is 5.69 Å². The van der Waals surface area contributed by atoms with Gasteiger partial charge in [-0.3, -0.25) is 19.4 Å². The average molecular weight is 449 g/mol. The van der Waals surface area contributed by atoms with Gasteiger partial charge in [0.05, 0.1) is 56.1 Å². The molecule has 0 aliphatic carbocycles. The quantitative estimate of drug-likeness (QED) is 0.549. The number of nitrogens with zero attached hydrogens (tertiary/aromatic N) is 6. The summed E-state index contributed by atoms with van der Waals surface area (Å²) in [5, 5.41) is 4.48. The van der Waals surface area contributed by atoms with E-state index in [2.05, 4.69) is 15.0 Å². The van der Waals surface area contributed by atoms with E-state index in [0.29, 0.717) is 23.7 Å². The molecule has 172 valence electrons. The van der Waals surface area contributed by atoms with Gasteiger partial charge in [0, 0.05) is 24.5 Å². The van der Waals surface area contributed by atoms with E-state index in [1.807, 2.05) is 29.1 Å². The molecule has 0 bridgehead atoms. The minimum Gasteiger partial charge on any atom is -0.491 e. The number of methoxy groups -OCH3 is 2. The van der Waals surface area contributed by atoms with Crippen molar-refractivity contribution in [2.45, 2.75) is 32.4 Å². The van der Waals surface area contributed by atoms with Crippen molar-refractivity contribution in [2.75, 3.05) is 38.8 Å². The molecule has 1 fully saturated rings. The number of piperidine rings is 1. The van der Waals surface area contributed by atoms with Gasteiger partial charge in [-0.05, 0) is 44.1 Å². The van der Waals surface area contributed by atoms with Crippen molar-refractivity contribution >= 4 is 11.6 Å². The molecule has 2 aliphatic rings. The molecule has 3 aromatic heterocycles. The molecule has 0 radical (unpaired) electrons. The molecular weight excluding hydrogens is 420 g/mol. The molecule has 0 saturated carbocycles. The first-order valence-corrected chi connectivity index (χ1v) is 11.3. The summed E-state index contributed by atoms with van der Waals surface area (Å²) in [6.45, 7) is 4.55. The SMILES string of the molecule is COc1cc(-c2ccc3c(n2)CN(c2cnn(CCN4CCCCC4)c2)C3=O)cnc1OC. The zero-order valence-corrected chi connectivity index (χ0v) is 19.0. The molecule has 0 unspecified atom stereocenters. The third-order valence-corrected chi connectivity index (χ3v) is 6.31. The second-order valence-corrected chi connectivity index (χ2v) is 8.38. The third-order valence-electron chi connectivity index (χ3n) is 6.31. The van der Waals surface area contributed by atoms with E-state index in [0.717, 1.165) is 48.8 Å². The fourth-order valence-electron chi connectivity index (χ4n) is 4.47. The Morgan fingerprint density at radius 1 is 1.03 bits per heavy atom. The lowest BCUT2D eigenvalue weighted by Crippen LogP contribution is -2.32. The molecule has 9 nitrogen and oxygen atoms in total. The van der Waals surface area contributed by atoms with Gasteiger partial charge in [-0.15, -0.1) is 0 Å². The van der Waals surface area contributed by atoms with Gasteiger partial charge in [0.25, 0.3) is 11.8 Å². The summed E-state index contributed by atoms with van der Waals surface area (Å²) in [4.78, 5) is 26.3. The van der Waals surface area contributed by atoms with Crippen molar-refractivity contribution in [1.82, 2.24) is 24.6 Å². The third kappa shape index (κ3) is 4.28. The molecule has 1 saturated heterocycles. The van der Waals surface area contributed by atoms with Crippen molar-refractivity contribution in [3.05, 3.63) is 48.0 Å². The smallest absolute Gasteiger partial charge is 0.260 e. The predicted octanol–water partition coefficient (Wildman–Crippen LogP) is 3.00. The largest absolute Gasteiger partial charge is 0.491 e. The van der Waals surface area contributed by atoms with Crippen molar-refractivity contribution in [1.29, 1.82) is 0 Å². The second-order valence-electron chi connectivity index (χ2n) is 8.38. The highest BCUT2D eigenvalue weighted by atomic mass is 16.5. The Balaban J connectivity index is 1.31. The first kappa shape index (κ1) is 21.4. The van der Waals surface area contributed by atoms with Crippen LogP contribution in [0.3, 0.4) is 0 Å². The number of hydrogen-bond donors (Lipinski definition) is 0. The number of rotatable bonds is 7. The molecule has 5 rings (SSSR count). The Hall–Kier alpha value is -3.46. The van der Waals surface area contributed by atoms with Crippen LogP contribution in [-0.2, 0) is 13.1 Å². The van der Waals surface area contributed by atoms with Gasteiger partial charge in [-0.1, -0.05) is 6.42 Å². The first-order chi connectivity index (χ1) is 16.2. The molecule has 3 aromatic rings. The van der Waals surface area contributed by atoms with Gasteiger partial charge in [-0.25, -0.2) is 4.98 Å². The molecule has 9 heteroatoms. The molecule has 2 aliphatic heterocycles. The number of aromatic nitrogens is 4. The summed E-state index contributed by atoms with van der Waals surface area (Å²) in [6, 6.07) is 5.50. The fourth-order valence-corrected chi connectivity index (χ4v) is 4.47. The maximum Gasteiger partial charge on any atom is 0.260 e. The second kappa shape index (κ2) is 9.19. The molecule has 5 heterocycles. The Kier molecular flexibility index (Phi) is 5.95. The highest BCUT2D eigenvalue weighted by Crippen LogP contribution is 2.32. The number of anilines is 1. The minimum absolute atomic E-state index is 0.0509. The Morgan fingerprint density at radius 2 is 1.88 bits per heavy atom. The predicted molar refractivity (Wildman–Crippen MR) is 124 cm³/mol. The van der Waals surface area contributed by atoms with E-state index >= 15 is 0 Å². The van der Waals surface area contributed by atoms with Crippen LogP contribution in [0.25, 0.3) is 11.3 Å². The molecule has 1 amide bonds. The topological polar surface area (TPSA) is 85.6 Å². The Morgan fingerprint density at radius 3 is 2.67 bits per heavy atom. The normalized spacial score (nSPS) is 16.2. The van der Waals surface area contributed by atoms with Gasteiger partial charge in [0.1, 0.15) is 0 Å². The van der Waals surface area contributed by atoms with E-state index in [4.69, 9.17) is 14.5 Å². The Bertz CT molecular complexity index is 1150. The van der Waals surface area contributed by atoms with E-state index in [1.54, 1.807) is 31.5 Å². The zero-order chi connectivity index (χ0) is 22.8.